The number of esters is 1. The molecule has 0 aliphatic carbocycles. The number of para-hydroxylation sites is 1. The lowest BCUT2D eigenvalue weighted by molar-refractivity contribution is -0.119. The van der Waals surface area contributed by atoms with Gasteiger partial charge in [-0.15, -0.1) is 0 Å². The molecule has 1 heterocycles. The Morgan fingerprint density at radius 1 is 1.12 bits per heavy atom. The van der Waals surface area contributed by atoms with Crippen molar-refractivity contribution in [3.05, 3.63) is 70.6 Å². The number of amides is 1. The van der Waals surface area contributed by atoms with Crippen LogP contribution in [0.4, 0.5) is 10.1 Å². The van der Waals surface area contributed by atoms with Gasteiger partial charge in [-0.05, 0) is 30.3 Å². The van der Waals surface area contributed by atoms with E-state index in [-0.39, 0.29) is 11.4 Å². The maximum atomic E-state index is 13.7. The number of hydrogen-bond acceptors (Lipinski definition) is 4. The summed E-state index contributed by atoms with van der Waals surface area (Å²) in [4.78, 5) is 28.0. The molecule has 3 rings (SSSR count). The molecule has 1 N–H and O–H groups in total. The first-order valence-corrected chi connectivity index (χ1v) is 8.10. The van der Waals surface area contributed by atoms with Crippen molar-refractivity contribution in [2.75, 3.05) is 11.9 Å². The Labute approximate surface area is 151 Å². The zero-order valence-corrected chi connectivity index (χ0v) is 14.4. The first-order valence-electron chi connectivity index (χ1n) is 7.31. The van der Waals surface area contributed by atoms with E-state index in [0.29, 0.717) is 9.99 Å². The first-order chi connectivity index (χ1) is 12.0. The average Bonchev–Trinajstić information content (AvgIpc) is 2.61. The second-order valence-corrected chi connectivity index (χ2v) is 6.05. The van der Waals surface area contributed by atoms with E-state index in [2.05, 4.69) is 26.2 Å². The fourth-order valence-corrected chi connectivity index (χ4v) is 2.50. The molecular weight excluding hydrogens is 391 g/mol. The van der Waals surface area contributed by atoms with Crippen LogP contribution in [0.15, 0.2) is 59.1 Å². The summed E-state index contributed by atoms with van der Waals surface area (Å²) < 4.78 is 19.1. The maximum absolute atomic E-state index is 13.7. The Morgan fingerprint density at radius 2 is 1.92 bits per heavy atom. The summed E-state index contributed by atoms with van der Waals surface area (Å²) in [6, 6.07) is 14.8. The van der Waals surface area contributed by atoms with Gasteiger partial charge in [-0.2, -0.15) is 0 Å². The standard InChI is InChI=1S/C18H12BrFN2O3/c19-12-6-8-15(13(20)9-12)22-17(23)10-25-18(24)16-7-5-11-3-1-2-4-14(11)21-16/h1-9H,10H2,(H,22,23). The number of carbonyl (C=O) groups is 2. The Balaban J connectivity index is 1.61. The highest BCUT2D eigenvalue weighted by molar-refractivity contribution is 9.10. The second kappa shape index (κ2) is 7.40. The van der Waals surface area contributed by atoms with Crippen LogP contribution in [0.1, 0.15) is 10.5 Å². The third-order valence-electron chi connectivity index (χ3n) is 3.35. The Hall–Kier alpha value is -2.80. The predicted octanol–water partition coefficient (Wildman–Crippen LogP) is 3.93. The monoisotopic (exact) mass is 402 g/mol. The minimum Gasteiger partial charge on any atom is -0.451 e. The fourth-order valence-electron chi connectivity index (χ4n) is 2.16. The van der Waals surface area contributed by atoms with Crippen molar-refractivity contribution in [1.29, 1.82) is 0 Å². The minimum absolute atomic E-state index is 0.00748. The molecular formula is C18H12BrFN2O3. The van der Waals surface area contributed by atoms with Gasteiger partial charge in [0.2, 0.25) is 0 Å². The lowest BCUT2D eigenvalue weighted by Gasteiger charge is -2.08. The highest BCUT2D eigenvalue weighted by atomic mass is 79.9. The fraction of sp³-hybridized carbons (Fsp3) is 0.0556. The Morgan fingerprint density at radius 3 is 2.72 bits per heavy atom. The summed E-state index contributed by atoms with van der Waals surface area (Å²) in [5.41, 5.74) is 0.757. The SMILES string of the molecule is O=C(COC(=O)c1ccc2ccccc2n1)Nc1ccc(Br)cc1F. The lowest BCUT2D eigenvalue weighted by atomic mass is 10.2. The van der Waals surface area contributed by atoms with E-state index < -0.39 is 24.3 Å². The van der Waals surface area contributed by atoms with Gasteiger partial charge >= 0.3 is 5.97 Å². The molecule has 126 valence electrons. The van der Waals surface area contributed by atoms with Crippen molar-refractivity contribution in [1.82, 2.24) is 4.98 Å². The van der Waals surface area contributed by atoms with Crippen LogP contribution in [0, 0.1) is 5.82 Å². The number of ether oxygens (including phenoxy) is 1. The number of benzene rings is 2. The summed E-state index contributed by atoms with van der Waals surface area (Å²) in [6.45, 7) is -0.539. The molecule has 0 unspecified atom stereocenters. The molecule has 1 amide bonds. The normalized spacial score (nSPS) is 10.5. The highest BCUT2D eigenvalue weighted by Crippen LogP contribution is 2.19. The van der Waals surface area contributed by atoms with Gasteiger partial charge in [-0.1, -0.05) is 40.2 Å². The Kier molecular flexibility index (Phi) is 5.04. The smallest absolute Gasteiger partial charge is 0.357 e. The van der Waals surface area contributed by atoms with Gasteiger partial charge in [0.05, 0.1) is 11.2 Å². The van der Waals surface area contributed by atoms with E-state index in [0.717, 1.165) is 5.39 Å². The molecule has 5 nitrogen and oxygen atoms in total. The van der Waals surface area contributed by atoms with Crippen molar-refractivity contribution in [3.63, 3.8) is 0 Å². The number of aromatic nitrogens is 1. The summed E-state index contributed by atoms with van der Waals surface area (Å²) >= 11 is 3.13. The third kappa shape index (κ3) is 4.19. The number of anilines is 1. The summed E-state index contributed by atoms with van der Waals surface area (Å²) in [6.07, 6.45) is 0. The molecule has 0 aliphatic heterocycles. The van der Waals surface area contributed by atoms with Crippen molar-refractivity contribution in [3.8, 4) is 0 Å². The average molecular weight is 403 g/mol. The molecule has 0 radical (unpaired) electrons. The number of nitrogens with one attached hydrogen (secondary N) is 1. The van der Waals surface area contributed by atoms with Crippen molar-refractivity contribution < 1.29 is 18.7 Å². The zero-order chi connectivity index (χ0) is 17.8. The summed E-state index contributed by atoms with van der Waals surface area (Å²) in [7, 11) is 0. The number of carbonyl (C=O) groups excluding carboxylic acids is 2. The molecule has 1 aromatic heterocycles. The van der Waals surface area contributed by atoms with Gasteiger partial charge < -0.3 is 10.1 Å². The van der Waals surface area contributed by atoms with Gasteiger partial charge in [-0.3, -0.25) is 4.79 Å². The van der Waals surface area contributed by atoms with Gasteiger partial charge in [0, 0.05) is 9.86 Å². The van der Waals surface area contributed by atoms with Crippen LogP contribution in [0.5, 0.6) is 0 Å². The van der Waals surface area contributed by atoms with Crippen LogP contribution >= 0.6 is 15.9 Å². The van der Waals surface area contributed by atoms with Crippen LogP contribution in [-0.2, 0) is 9.53 Å². The van der Waals surface area contributed by atoms with E-state index in [4.69, 9.17) is 4.74 Å². The van der Waals surface area contributed by atoms with E-state index in [1.807, 2.05) is 18.2 Å². The van der Waals surface area contributed by atoms with Crippen LogP contribution in [0.25, 0.3) is 10.9 Å². The molecule has 2 aromatic carbocycles. The predicted molar refractivity (Wildman–Crippen MR) is 94.8 cm³/mol. The van der Waals surface area contributed by atoms with E-state index >= 15 is 0 Å². The van der Waals surface area contributed by atoms with Crippen LogP contribution in [-0.4, -0.2) is 23.5 Å². The summed E-state index contributed by atoms with van der Waals surface area (Å²) in [5, 5.41) is 3.23. The van der Waals surface area contributed by atoms with Gasteiger partial charge in [0.15, 0.2) is 6.61 Å². The molecule has 0 aliphatic rings. The second-order valence-electron chi connectivity index (χ2n) is 5.14. The van der Waals surface area contributed by atoms with E-state index in [1.54, 1.807) is 18.2 Å². The van der Waals surface area contributed by atoms with Crippen LogP contribution in [0.2, 0.25) is 0 Å². The number of hydrogen-bond donors (Lipinski definition) is 1. The number of halogens is 2. The highest BCUT2D eigenvalue weighted by Gasteiger charge is 2.13. The first kappa shape index (κ1) is 17.0. The molecule has 25 heavy (non-hydrogen) atoms. The largest absolute Gasteiger partial charge is 0.451 e. The number of nitrogens with zero attached hydrogens (tertiary/aromatic N) is 1. The number of rotatable bonds is 4. The number of fused-ring (bicyclic) bond motifs is 1. The van der Waals surface area contributed by atoms with Crippen molar-refractivity contribution >= 4 is 44.4 Å². The molecule has 0 bridgehead atoms. The molecule has 0 saturated carbocycles. The molecule has 3 aromatic rings. The Bertz CT molecular complexity index is 962. The molecule has 7 heteroatoms. The van der Waals surface area contributed by atoms with Gasteiger partial charge in [0.1, 0.15) is 11.5 Å². The van der Waals surface area contributed by atoms with Gasteiger partial charge in [-0.25, -0.2) is 14.2 Å². The quantitative estimate of drug-likeness (QED) is 0.671. The van der Waals surface area contributed by atoms with Crippen LogP contribution in [0.3, 0.4) is 0 Å². The molecule has 0 spiro atoms. The topological polar surface area (TPSA) is 68.3 Å². The van der Waals surface area contributed by atoms with E-state index in [9.17, 15) is 14.0 Å². The van der Waals surface area contributed by atoms with Gasteiger partial charge in [0.25, 0.3) is 5.91 Å². The maximum Gasteiger partial charge on any atom is 0.357 e. The lowest BCUT2D eigenvalue weighted by Crippen LogP contribution is -2.21. The molecule has 0 fully saturated rings. The molecule has 0 atom stereocenters. The molecule has 0 saturated heterocycles. The number of pyridine rings is 1. The van der Waals surface area contributed by atoms with Crippen LogP contribution < -0.4 is 5.32 Å². The minimum atomic E-state index is -0.725. The van der Waals surface area contributed by atoms with E-state index in [1.165, 1.54) is 18.2 Å². The van der Waals surface area contributed by atoms with Crippen molar-refractivity contribution in [2.45, 2.75) is 0 Å². The van der Waals surface area contributed by atoms with Crippen molar-refractivity contribution in [2.24, 2.45) is 0 Å². The summed E-state index contributed by atoms with van der Waals surface area (Å²) in [5.74, 6) is -1.96. The third-order valence-corrected chi connectivity index (χ3v) is 3.84. The zero-order valence-electron chi connectivity index (χ0n) is 12.8.